The number of piperidine rings is 1. The van der Waals surface area contributed by atoms with Crippen molar-refractivity contribution in [1.82, 2.24) is 4.31 Å². The number of alkyl halides is 1. The van der Waals surface area contributed by atoms with Crippen molar-refractivity contribution < 1.29 is 8.42 Å². The molecule has 3 nitrogen and oxygen atoms in total. The molecule has 1 aromatic heterocycles. The van der Waals surface area contributed by atoms with Crippen LogP contribution in [-0.4, -0.2) is 25.8 Å². The summed E-state index contributed by atoms with van der Waals surface area (Å²) in [6.45, 7) is 7.88. The largest absolute Gasteiger partial charge is 0.245 e. The van der Waals surface area contributed by atoms with Gasteiger partial charge in [-0.05, 0) is 46.2 Å². The molecule has 0 aromatic carbocycles. The fourth-order valence-electron chi connectivity index (χ4n) is 2.74. The van der Waals surface area contributed by atoms with E-state index in [4.69, 9.17) is 11.6 Å². The van der Waals surface area contributed by atoms with E-state index < -0.39 is 10.0 Å². The maximum atomic E-state index is 12.8. The van der Waals surface area contributed by atoms with Gasteiger partial charge in [0.25, 0.3) is 0 Å². The first-order valence-electron chi connectivity index (χ1n) is 7.00. The highest BCUT2D eigenvalue weighted by Gasteiger charge is 2.35. The lowest BCUT2D eigenvalue weighted by atomic mass is 9.76. The molecule has 1 aliphatic rings. The molecule has 2 heterocycles. The van der Waals surface area contributed by atoms with Crippen LogP contribution in [0.3, 0.4) is 0 Å². The fourth-order valence-corrected chi connectivity index (χ4v) is 6.93. The number of halogens is 2. The van der Waals surface area contributed by atoms with Crippen LogP contribution in [0.25, 0.3) is 0 Å². The Bertz CT molecular complexity index is 599. The third-order valence-electron chi connectivity index (χ3n) is 4.13. The first-order chi connectivity index (χ1) is 9.66. The standard InChI is InChI=1S/C14H21BrClNO2S2/c1-14(2,3)10-4-6-17(7-5-10)21(18,19)12-8-11(9-16)20-13(12)15/h8,10H,4-7,9H2,1-3H3. The van der Waals surface area contributed by atoms with Gasteiger partial charge < -0.3 is 0 Å². The van der Waals surface area contributed by atoms with Crippen molar-refractivity contribution in [3.05, 3.63) is 14.7 Å². The minimum atomic E-state index is -3.41. The summed E-state index contributed by atoms with van der Waals surface area (Å²) in [4.78, 5) is 1.23. The molecular weight excluding hydrogens is 394 g/mol. The summed E-state index contributed by atoms with van der Waals surface area (Å²) in [7, 11) is -3.41. The second-order valence-electron chi connectivity index (χ2n) is 6.53. The van der Waals surface area contributed by atoms with Gasteiger partial charge in [0.2, 0.25) is 10.0 Å². The molecular formula is C14H21BrClNO2S2. The molecule has 0 aliphatic carbocycles. The molecule has 0 amide bonds. The molecule has 1 saturated heterocycles. The summed E-state index contributed by atoms with van der Waals surface area (Å²) in [5.41, 5.74) is 0.241. The normalized spacial score (nSPS) is 19.1. The van der Waals surface area contributed by atoms with Crippen LogP contribution >= 0.6 is 38.9 Å². The van der Waals surface area contributed by atoms with Crippen LogP contribution in [0.2, 0.25) is 0 Å². The third kappa shape index (κ3) is 3.83. The molecule has 7 heteroatoms. The highest BCUT2D eigenvalue weighted by atomic mass is 79.9. The van der Waals surface area contributed by atoms with Crippen LogP contribution in [0, 0.1) is 11.3 Å². The second-order valence-corrected chi connectivity index (χ2v) is 11.2. The molecule has 21 heavy (non-hydrogen) atoms. The molecule has 0 unspecified atom stereocenters. The van der Waals surface area contributed by atoms with Crippen LogP contribution < -0.4 is 0 Å². The predicted molar refractivity (Wildman–Crippen MR) is 92.5 cm³/mol. The van der Waals surface area contributed by atoms with Crippen molar-refractivity contribution in [2.75, 3.05) is 13.1 Å². The molecule has 0 N–H and O–H groups in total. The summed E-state index contributed by atoms with van der Waals surface area (Å²) in [6.07, 6.45) is 1.85. The minimum absolute atomic E-state index is 0.241. The van der Waals surface area contributed by atoms with Crippen molar-refractivity contribution in [1.29, 1.82) is 0 Å². The van der Waals surface area contributed by atoms with Gasteiger partial charge in [-0.25, -0.2) is 8.42 Å². The first-order valence-corrected chi connectivity index (χ1v) is 10.6. The van der Waals surface area contributed by atoms with E-state index in [1.165, 1.54) is 11.3 Å². The van der Waals surface area contributed by atoms with Crippen LogP contribution in [0.5, 0.6) is 0 Å². The van der Waals surface area contributed by atoms with E-state index in [0.717, 1.165) is 17.7 Å². The molecule has 1 fully saturated rings. The summed E-state index contributed by atoms with van der Waals surface area (Å²) < 4.78 is 27.8. The van der Waals surface area contributed by atoms with E-state index in [9.17, 15) is 8.42 Å². The molecule has 0 spiro atoms. The van der Waals surface area contributed by atoms with E-state index in [1.54, 1.807) is 10.4 Å². The Morgan fingerprint density at radius 1 is 1.38 bits per heavy atom. The predicted octanol–water partition coefficient (Wildman–Crippen LogP) is 4.70. The topological polar surface area (TPSA) is 37.4 Å². The van der Waals surface area contributed by atoms with Gasteiger partial charge in [-0.1, -0.05) is 20.8 Å². The van der Waals surface area contributed by atoms with Crippen molar-refractivity contribution in [2.24, 2.45) is 11.3 Å². The lowest BCUT2D eigenvalue weighted by Crippen LogP contribution is -2.41. The Balaban J connectivity index is 2.17. The minimum Gasteiger partial charge on any atom is -0.207 e. The number of thiophene rings is 1. The molecule has 0 bridgehead atoms. The highest BCUT2D eigenvalue weighted by Crippen LogP contribution is 2.38. The summed E-state index contributed by atoms with van der Waals surface area (Å²) in [5.74, 6) is 0.915. The van der Waals surface area contributed by atoms with Gasteiger partial charge in [0.15, 0.2) is 0 Å². The zero-order valence-corrected chi connectivity index (χ0v) is 16.5. The molecule has 120 valence electrons. The van der Waals surface area contributed by atoms with Gasteiger partial charge in [-0.15, -0.1) is 22.9 Å². The zero-order chi connectivity index (χ0) is 15.8. The van der Waals surface area contributed by atoms with Crippen LogP contribution in [0.1, 0.15) is 38.5 Å². The van der Waals surface area contributed by atoms with Gasteiger partial charge >= 0.3 is 0 Å². The zero-order valence-electron chi connectivity index (χ0n) is 12.5. The van der Waals surface area contributed by atoms with E-state index in [2.05, 4.69) is 36.7 Å². The fraction of sp³-hybridized carbons (Fsp3) is 0.714. The Morgan fingerprint density at radius 3 is 2.38 bits per heavy atom. The van der Waals surface area contributed by atoms with E-state index in [1.807, 2.05) is 0 Å². The van der Waals surface area contributed by atoms with Crippen molar-refractivity contribution in [3.63, 3.8) is 0 Å². The molecule has 0 radical (unpaired) electrons. The van der Waals surface area contributed by atoms with Crippen molar-refractivity contribution in [2.45, 2.75) is 44.4 Å². The average Bonchev–Trinajstić information content (AvgIpc) is 2.80. The van der Waals surface area contributed by atoms with Crippen LogP contribution in [0.4, 0.5) is 0 Å². The average molecular weight is 415 g/mol. The van der Waals surface area contributed by atoms with E-state index >= 15 is 0 Å². The van der Waals surface area contributed by atoms with Gasteiger partial charge in [0.05, 0.1) is 9.67 Å². The Labute approximate surface area is 144 Å². The summed E-state index contributed by atoms with van der Waals surface area (Å²) >= 11 is 10.5. The number of hydrogen-bond donors (Lipinski definition) is 0. The molecule has 1 aromatic rings. The maximum Gasteiger partial charge on any atom is 0.245 e. The molecule has 0 atom stereocenters. The summed E-state index contributed by atoms with van der Waals surface area (Å²) in [6, 6.07) is 1.69. The number of sulfonamides is 1. The third-order valence-corrected chi connectivity index (χ3v) is 8.73. The Morgan fingerprint density at radius 2 is 1.95 bits per heavy atom. The highest BCUT2D eigenvalue weighted by molar-refractivity contribution is 9.11. The number of rotatable bonds is 3. The maximum absolute atomic E-state index is 12.8. The number of nitrogens with zero attached hydrogens (tertiary/aromatic N) is 1. The monoisotopic (exact) mass is 413 g/mol. The van der Waals surface area contributed by atoms with Crippen molar-refractivity contribution in [3.8, 4) is 0 Å². The summed E-state index contributed by atoms with van der Waals surface area (Å²) in [5, 5.41) is 0. The van der Waals surface area contributed by atoms with Crippen LogP contribution in [0.15, 0.2) is 14.7 Å². The Hall–Kier alpha value is 0.380. The molecule has 2 rings (SSSR count). The molecule has 1 aliphatic heterocycles. The quantitative estimate of drug-likeness (QED) is 0.672. The van der Waals surface area contributed by atoms with E-state index in [0.29, 0.717) is 33.6 Å². The van der Waals surface area contributed by atoms with Crippen molar-refractivity contribution >= 4 is 48.9 Å². The second kappa shape index (κ2) is 6.48. The van der Waals surface area contributed by atoms with Gasteiger partial charge in [-0.3, -0.25) is 0 Å². The van der Waals surface area contributed by atoms with Gasteiger partial charge in [0, 0.05) is 18.0 Å². The lowest BCUT2D eigenvalue weighted by Gasteiger charge is -2.38. The van der Waals surface area contributed by atoms with Gasteiger partial charge in [0.1, 0.15) is 4.90 Å². The molecule has 0 saturated carbocycles. The lowest BCUT2D eigenvalue weighted by molar-refractivity contribution is 0.154. The smallest absolute Gasteiger partial charge is 0.207 e. The van der Waals surface area contributed by atoms with Crippen LogP contribution in [-0.2, 0) is 15.9 Å². The SMILES string of the molecule is CC(C)(C)C1CCN(S(=O)(=O)c2cc(CCl)sc2Br)CC1. The Kier molecular flexibility index (Phi) is 5.47. The van der Waals surface area contributed by atoms with Gasteiger partial charge in [-0.2, -0.15) is 4.31 Å². The number of hydrogen-bond acceptors (Lipinski definition) is 3. The van der Waals surface area contributed by atoms with E-state index in [-0.39, 0.29) is 5.41 Å². The first kappa shape index (κ1) is 17.7.